The molecule has 0 spiro atoms. The van der Waals surface area contributed by atoms with Crippen LogP contribution in [0.15, 0.2) is 18.2 Å². The van der Waals surface area contributed by atoms with Crippen LogP contribution in [-0.4, -0.2) is 6.54 Å². The van der Waals surface area contributed by atoms with Crippen molar-refractivity contribution in [3.63, 3.8) is 0 Å². The van der Waals surface area contributed by atoms with E-state index in [0.717, 1.165) is 15.1 Å². The van der Waals surface area contributed by atoms with E-state index in [0.29, 0.717) is 12.0 Å². The van der Waals surface area contributed by atoms with Gasteiger partial charge in [0.2, 0.25) is 0 Å². The van der Waals surface area contributed by atoms with Crippen molar-refractivity contribution in [3.8, 4) is 0 Å². The normalized spacial score (nSPS) is 14.6. The van der Waals surface area contributed by atoms with E-state index in [1.165, 1.54) is 18.4 Å². The van der Waals surface area contributed by atoms with Gasteiger partial charge in [-0.3, -0.25) is 0 Å². The topological polar surface area (TPSA) is 12.0 Å². The molecule has 0 bridgehead atoms. The van der Waals surface area contributed by atoms with Gasteiger partial charge in [0.1, 0.15) is 0 Å². The van der Waals surface area contributed by atoms with Crippen molar-refractivity contribution >= 4 is 34.2 Å². The van der Waals surface area contributed by atoms with Crippen LogP contribution >= 0.6 is 34.2 Å². The third kappa shape index (κ3) is 4.42. The molecule has 96 valence electrons. The summed E-state index contributed by atoms with van der Waals surface area (Å²) in [6.45, 7) is 7.69. The highest BCUT2D eigenvalue weighted by Crippen LogP contribution is 2.29. The fourth-order valence-corrected chi connectivity index (χ4v) is 2.72. The van der Waals surface area contributed by atoms with E-state index in [4.69, 9.17) is 11.6 Å². The molecule has 0 amide bonds. The zero-order valence-corrected chi connectivity index (χ0v) is 13.7. The van der Waals surface area contributed by atoms with Crippen LogP contribution in [0.2, 0.25) is 5.02 Å². The van der Waals surface area contributed by atoms with Gasteiger partial charge in [0, 0.05) is 9.61 Å². The summed E-state index contributed by atoms with van der Waals surface area (Å²) in [7, 11) is 0. The zero-order chi connectivity index (χ0) is 12.8. The zero-order valence-electron chi connectivity index (χ0n) is 10.8. The van der Waals surface area contributed by atoms with Crippen LogP contribution in [0.1, 0.15) is 45.2 Å². The molecular weight excluding hydrogens is 345 g/mol. The summed E-state index contributed by atoms with van der Waals surface area (Å²) in [4.78, 5) is 0. The summed E-state index contributed by atoms with van der Waals surface area (Å²) < 4.78 is 1.12. The summed E-state index contributed by atoms with van der Waals surface area (Å²) in [6.07, 6.45) is 2.46. The first-order chi connectivity index (χ1) is 8.10. The highest BCUT2D eigenvalue weighted by molar-refractivity contribution is 14.1. The lowest BCUT2D eigenvalue weighted by Gasteiger charge is -2.25. The summed E-state index contributed by atoms with van der Waals surface area (Å²) in [5.74, 6) is 0.635. The number of nitrogens with one attached hydrogen (secondary N) is 1. The first-order valence-corrected chi connectivity index (χ1v) is 7.74. The summed E-state index contributed by atoms with van der Waals surface area (Å²) in [5, 5.41) is 4.43. The molecule has 0 radical (unpaired) electrons. The number of hydrogen-bond donors (Lipinski definition) is 1. The highest BCUT2D eigenvalue weighted by atomic mass is 127. The van der Waals surface area contributed by atoms with Crippen LogP contribution in [0.5, 0.6) is 0 Å². The molecule has 2 atom stereocenters. The third-order valence-electron chi connectivity index (χ3n) is 3.04. The Labute approximate surface area is 123 Å². The van der Waals surface area contributed by atoms with Gasteiger partial charge in [0.25, 0.3) is 0 Å². The van der Waals surface area contributed by atoms with E-state index < -0.39 is 0 Å². The van der Waals surface area contributed by atoms with Gasteiger partial charge in [0.15, 0.2) is 0 Å². The smallest absolute Gasteiger partial charge is 0.0542 e. The van der Waals surface area contributed by atoms with Crippen molar-refractivity contribution in [2.75, 3.05) is 6.54 Å². The number of rotatable bonds is 6. The second-order valence-electron chi connectivity index (χ2n) is 4.47. The van der Waals surface area contributed by atoms with Crippen LogP contribution in [0.3, 0.4) is 0 Å². The van der Waals surface area contributed by atoms with Gasteiger partial charge in [-0.2, -0.15) is 0 Å². The average molecular weight is 366 g/mol. The minimum absolute atomic E-state index is 0.412. The Morgan fingerprint density at radius 1 is 1.35 bits per heavy atom. The molecule has 0 fully saturated rings. The van der Waals surface area contributed by atoms with Crippen LogP contribution < -0.4 is 5.32 Å². The van der Waals surface area contributed by atoms with Gasteiger partial charge < -0.3 is 5.32 Å². The molecule has 0 aliphatic carbocycles. The van der Waals surface area contributed by atoms with Crippen molar-refractivity contribution in [2.45, 2.75) is 39.7 Å². The Balaban J connectivity index is 2.92. The highest BCUT2D eigenvalue weighted by Gasteiger charge is 2.18. The second kappa shape index (κ2) is 7.59. The monoisotopic (exact) mass is 365 g/mol. The molecule has 2 unspecified atom stereocenters. The number of hydrogen-bond acceptors (Lipinski definition) is 1. The molecule has 17 heavy (non-hydrogen) atoms. The van der Waals surface area contributed by atoms with Crippen molar-refractivity contribution in [2.24, 2.45) is 5.92 Å². The number of benzene rings is 1. The molecule has 0 aromatic heterocycles. The van der Waals surface area contributed by atoms with Gasteiger partial charge >= 0.3 is 0 Å². The molecule has 3 heteroatoms. The van der Waals surface area contributed by atoms with Gasteiger partial charge in [-0.25, -0.2) is 0 Å². The van der Waals surface area contributed by atoms with Gasteiger partial charge in [-0.15, -0.1) is 0 Å². The minimum atomic E-state index is 0.412. The molecule has 1 N–H and O–H groups in total. The van der Waals surface area contributed by atoms with Crippen molar-refractivity contribution in [1.82, 2.24) is 5.32 Å². The van der Waals surface area contributed by atoms with Crippen LogP contribution in [0, 0.1) is 9.49 Å². The molecule has 1 aromatic carbocycles. The third-order valence-corrected chi connectivity index (χ3v) is 4.61. The van der Waals surface area contributed by atoms with E-state index in [1.807, 2.05) is 0 Å². The lowest BCUT2D eigenvalue weighted by Crippen LogP contribution is -2.26. The van der Waals surface area contributed by atoms with E-state index in [-0.39, 0.29) is 0 Å². The Kier molecular flexibility index (Phi) is 6.82. The predicted molar refractivity (Wildman–Crippen MR) is 84.7 cm³/mol. The van der Waals surface area contributed by atoms with Crippen molar-refractivity contribution in [1.29, 1.82) is 0 Å². The molecule has 0 aliphatic heterocycles. The maximum Gasteiger partial charge on any atom is 0.0542 e. The summed E-state index contributed by atoms with van der Waals surface area (Å²) in [6, 6.07) is 6.80. The molecule has 0 heterocycles. The Bertz CT molecular complexity index is 354. The lowest BCUT2D eigenvalue weighted by molar-refractivity contribution is 0.369. The summed E-state index contributed by atoms with van der Waals surface area (Å²) in [5.41, 5.74) is 1.30. The first-order valence-electron chi connectivity index (χ1n) is 6.28. The van der Waals surface area contributed by atoms with Crippen molar-refractivity contribution in [3.05, 3.63) is 32.4 Å². The van der Waals surface area contributed by atoms with Crippen LogP contribution in [-0.2, 0) is 0 Å². The van der Waals surface area contributed by atoms with Crippen molar-refractivity contribution < 1.29 is 0 Å². The molecule has 1 rings (SSSR count). The molecule has 1 aromatic rings. The Morgan fingerprint density at radius 3 is 2.59 bits per heavy atom. The van der Waals surface area contributed by atoms with E-state index in [2.05, 4.69) is 66.9 Å². The molecular formula is C14H21ClIN. The van der Waals surface area contributed by atoms with E-state index in [1.54, 1.807) is 0 Å². The minimum Gasteiger partial charge on any atom is -0.310 e. The molecule has 0 saturated heterocycles. The van der Waals surface area contributed by atoms with E-state index in [9.17, 15) is 0 Å². The predicted octanol–water partition coefficient (Wildman–Crippen LogP) is 5.03. The maximum atomic E-state index is 6.20. The fourth-order valence-electron chi connectivity index (χ4n) is 2.20. The molecule has 0 saturated carbocycles. The standard InChI is InChI=1S/C14H21ClIN/c1-4-6-10(3)14(17-5-2)11-7-8-13(16)12(15)9-11/h7-10,14,17H,4-6H2,1-3H3. The molecule has 0 aliphatic rings. The SMILES string of the molecule is CCCC(C)C(NCC)c1ccc(I)c(Cl)c1. The van der Waals surface area contributed by atoms with Crippen LogP contribution in [0.4, 0.5) is 0 Å². The largest absolute Gasteiger partial charge is 0.310 e. The van der Waals surface area contributed by atoms with Crippen LogP contribution in [0.25, 0.3) is 0 Å². The molecule has 1 nitrogen and oxygen atoms in total. The lowest BCUT2D eigenvalue weighted by atomic mass is 9.91. The average Bonchev–Trinajstić information content (AvgIpc) is 2.30. The maximum absolute atomic E-state index is 6.20. The van der Waals surface area contributed by atoms with E-state index >= 15 is 0 Å². The van der Waals surface area contributed by atoms with Gasteiger partial charge in [-0.1, -0.05) is 44.9 Å². The number of halogens is 2. The summed E-state index contributed by atoms with van der Waals surface area (Å²) >= 11 is 8.47. The Hall–Kier alpha value is 0.200. The Morgan fingerprint density at radius 2 is 2.06 bits per heavy atom. The van der Waals surface area contributed by atoms with Gasteiger partial charge in [-0.05, 0) is 59.2 Å². The quantitative estimate of drug-likeness (QED) is 0.697. The second-order valence-corrected chi connectivity index (χ2v) is 6.04. The first kappa shape index (κ1) is 15.3. The fraction of sp³-hybridized carbons (Fsp3) is 0.571. The van der Waals surface area contributed by atoms with Gasteiger partial charge in [0.05, 0.1) is 5.02 Å².